The van der Waals surface area contributed by atoms with Crippen LogP contribution in [-0.2, 0) is 14.4 Å². The number of unbranched alkanes of at least 4 members (excludes halogenated alkanes) is 1. The summed E-state index contributed by atoms with van der Waals surface area (Å²) in [6.45, 7) is 2.04. The molecule has 0 aromatic rings. The molecule has 0 rings (SSSR count). The lowest BCUT2D eigenvalue weighted by molar-refractivity contribution is -0.147. The van der Waals surface area contributed by atoms with Crippen molar-refractivity contribution in [2.75, 3.05) is 11.5 Å². The van der Waals surface area contributed by atoms with Crippen LogP contribution in [-0.4, -0.2) is 45.6 Å². The molecule has 0 bridgehead atoms. The number of carboxylic acid groups (broad SMARTS) is 2. The number of carbonyl (C=O) groups is 3. The molecule has 0 aromatic carbocycles. The Morgan fingerprint density at radius 1 is 1.29 bits per heavy atom. The van der Waals surface area contributed by atoms with Gasteiger partial charge in [-0.15, -0.1) is 0 Å². The van der Waals surface area contributed by atoms with Gasteiger partial charge in [0, 0.05) is 0 Å². The highest BCUT2D eigenvalue weighted by molar-refractivity contribution is 7.99. The van der Waals surface area contributed by atoms with Gasteiger partial charge in [0.05, 0.1) is 12.2 Å². The summed E-state index contributed by atoms with van der Waals surface area (Å²) in [7, 11) is 0. The third kappa shape index (κ3) is 8.56. The molecular formula is C10H17NO5S. The van der Waals surface area contributed by atoms with Crippen LogP contribution in [0.25, 0.3) is 0 Å². The van der Waals surface area contributed by atoms with E-state index < -0.39 is 30.3 Å². The summed E-state index contributed by atoms with van der Waals surface area (Å²) < 4.78 is 0. The minimum atomic E-state index is -1.35. The fourth-order valence-electron chi connectivity index (χ4n) is 1.02. The number of rotatable bonds is 9. The number of thioether (sulfide) groups is 1. The summed E-state index contributed by atoms with van der Waals surface area (Å²) in [5.41, 5.74) is 0. The quantitative estimate of drug-likeness (QED) is 0.525. The Kier molecular flexibility index (Phi) is 8.21. The van der Waals surface area contributed by atoms with Crippen molar-refractivity contribution < 1.29 is 24.6 Å². The maximum atomic E-state index is 11.3. The number of carbonyl (C=O) groups excluding carboxylic acids is 1. The van der Waals surface area contributed by atoms with Crippen molar-refractivity contribution >= 4 is 29.6 Å². The summed E-state index contributed by atoms with van der Waals surface area (Å²) in [6, 6.07) is -1.35. The first-order valence-electron chi connectivity index (χ1n) is 5.29. The predicted octanol–water partition coefficient (Wildman–Crippen LogP) is 0.564. The largest absolute Gasteiger partial charge is 0.481 e. The Bertz CT molecular complexity index is 282. The number of nitrogens with one attached hydrogen (secondary N) is 1. The summed E-state index contributed by atoms with van der Waals surface area (Å²) in [5.74, 6) is -2.04. The van der Waals surface area contributed by atoms with Gasteiger partial charge in [-0.05, 0) is 12.2 Å². The van der Waals surface area contributed by atoms with Gasteiger partial charge in [-0.3, -0.25) is 9.59 Å². The molecular weight excluding hydrogens is 246 g/mol. The van der Waals surface area contributed by atoms with E-state index in [1.165, 1.54) is 11.8 Å². The highest BCUT2D eigenvalue weighted by atomic mass is 32.2. The Labute approximate surface area is 104 Å². The van der Waals surface area contributed by atoms with E-state index in [0.29, 0.717) is 0 Å². The van der Waals surface area contributed by atoms with Crippen molar-refractivity contribution in [1.29, 1.82) is 0 Å². The van der Waals surface area contributed by atoms with Gasteiger partial charge < -0.3 is 15.5 Å². The first kappa shape index (κ1) is 15.8. The van der Waals surface area contributed by atoms with Crippen LogP contribution >= 0.6 is 11.8 Å². The fourth-order valence-corrected chi connectivity index (χ4v) is 1.93. The Morgan fingerprint density at radius 2 is 1.94 bits per heavy atom. The Balaban J connectivity index is 3.96. The molecule has 0 spiro atoms. The predicted molar refractivity (Wildman–Crippen MR) is 64.1 cm³/mol. The van der Waals surface area contributed by atoms with Crippen molar-refractivity contribution in [3.8, 4) is 0 Å². The Hall–Kier alpha value is -1.24. The molecule has 6 nitrogen and oxygen atoms in total. The zero-order chi connectivity index (χ0) is 13.3. The van der Waals surface area contributed by atoms with E-state index in [1.54, 1.807) is 0 Å². The highest BCUT2D eigenvalue weighted by Gasteiger charge is 2.22. The van der Waals surface area contributed by atoms with Crippen molar-refractivity contribution in [2.24, 2.45) is 0 Å². The zero-order valence-corrected chi connectivity index (χ0v) is 10.5. The molecule has 0 heterocycles. The van der Waals surface area contributed by atoms with Crippen molar-refractivity contribution in [2.45, 2.75) is 32.2 Å². The molecule has 0 saturated heterocycles. The van der Waals surface area contributed by atoms with Crippen LogP contribution in [0.5, 0.6) is 0 Å². The first-order chi connectivity index (χ1) is 7.97. The van der Waals surface area contributed by atoms with Crippen LogP contribution in [0, 0.1) is 0 Å². The number of aliphatic carboxylic acids is 2. The van der Waals surface area contributed by atoms with Gasteiger partial charge in [0.15, 0.2) is 0 Å². The molecule has 0 aliphatic rings. The maximum absolute atomic E-state index is 11.3. The second kappa shape index (κ2) is 8.86. The van der Waals surface area contributed by atoms with Crippen LogP contribution < -0.4 is 5.32 Å². The second-order valence-electron chi connectivity index (χ2n) is 3.46. The lowest BCUT2D eigenvalue weighted by atomic mass is 10.2. The normalized spacial score (nSPS) is 11.8. The number of carboxylic acids is 2. The monoisotopic (exact) mass is 263 g/mol. The molecule has 0 fully saturated rings. The molecule has 0 saturated carbocycles. The molecule has 7 heteroatoms. The third-order valence-corrected chi connectivity index (χ3v) is 2.93. The van der Waals surface area contributed by atoms with E-state index in [4.69, 9.17) is 10.2 Å². The Morgan fingerprint density at radius 3 is 2.41 bits per heavy atom. The molecule has 0 aliphatic heterocycles. The maximum Gasteiger partial charge on any atom is 0.326 e. The topological polar surface area (TPSA) is 104 Å². The van der Waals surface area contributed by atoms with E-state index in [2.05, 4.69) is 5.32 Å². The van der Waals surface area contributed by atoms with E-state index in [-0.39, 0.29) is 5.75 Å². The lowest BCUT2D eigenvalue weighted by Gasteiger charge is -2.11. The average Bonchev–Trinajstić information content (AvgIpc) is 2.22. The van der Waals surface area contributed by atoms with Crippen molar-refractivity contribution in [3.63, 3.8) is 0 Å². The second-order valence-corrected chi connectivity index (χ2v) is 4.57. The molecule has 1 atom stereocenters. The molecule has 98 valence electrons. The molecule has 1 amide bonds. The smallest absolute Gasteiger partial charge is 0.326 e. The molecule has 17 heavy (non-hydrogen) atoms. The lowest BCUT2D eigenvalue weighted by Crippen LogP contribution is -2.43. The molecule has 0 aromatic heterocycles. The highest BCUT2D eigenvalue weighted by Crippen LogP contribution is 2.04. The molecule has 0 unspecified atom stereocenters. The van der Waals surface area contributed by atoms with Gasteiger partial charge >= 0.3 is 11.9 Å². The molecule has 3 N–H and O–H groups in total. The van der Waals surface area contributed by atoms with E-state index in [9.17, 15) is 14.4 Å². The molecule has 0 radical (unpaired) electrons. The van der Waals surface area contributed by atoms with E-state index >= 15 is 0 Å². The average molecular weight is 263 g/mol. The van der Waals surface area contributed by atoms with Gasteiger partial charge in [-0.25, -0.2) is 4.79 Å². The minimum Gasteiger partial charge on any atom is -0.481 e. The standard InChI is InChI=1S/C10H17NO5S/c1-2-3-4-17-6-8(12)11-7(10(15)16)5-9(13)14/h7H,2-6H2,1H3,(H,11,12)(H,13,14)(H,15,16)/t7-/m0/s1. The van der Waals surface area contributed by atoms with Gasteiger partial charge in [0.2, 0.25) is 5.91 Å². The van der Waals surface area contributed by atoms with Crippen LogP contribution in [0.15, 0.2) is 0 Å². The summed E-state index contributed by atoms with van der Waals surface area (Å²) in [4.78, 5) is 32.4. The van der Waals surface area contributed by atoms with Crippen LogP contribution in [0.1, 0.15) is 26.2 Å². The van der Waals surface area contributed by atoms with Gasteiger partial charge in [-0.2, -0.15) is 11.8 Å². The number of hydrogen-bond acceptors (Lipinski definition) is 4. The summed E-state index contributed by atoms with van der Waals surface area (Å²) in [6.07, 6.45) is 1.42. The van der Waals surface area contributed by atoms with E-state index in [0.717, 1.165) is 18.6 Å². The zero-order valence-electron chi connectivity index (χ0n) is 9.64. The van der Waals surface area contributed by atoms with Crippen LogP contribution in [0.3, 0.4) is 0 Å². The summed E-state index contributed by atoms with van der Waals surface area (Å²) >= 11 is 1.41. The fraction of sp³-hybridized carbons (Fsp3) is 0.700. The van der Waals surface area contributed by atoms with Crippen molar-refractivity contribution in [1.82, 2.24) is 5.32 Å². The van der Waals surface area contributed by atoms with Crippen LogP contribution in [0.2, 0.25) is 0 Å². The number of hydrogen-bond donors (Lipinski definition) is 3. The van der Waals surface area contributed by atoms with Crippen LogP contribution in [0.4, 0.5) is 0 Å². The number of amides is 1. The van der Waals surface area contributed by atoms with Gasteiger partial charge in [0.25, 0.3) is 0 Å². The first-order valence-corrected chi connectivity index (χ1v) is 6.44. The van der Waals surface area contributed by atoms with Gasteiger partial charge in [-0.1, -0.05) is 13.3 Å². The molecule has 0 aliphatic carbocycles. The SMILES string of the molecule is CCCCSCC(=O)N[C@@H](CC(=O)O)C(=O)O. The van der Waals surface area contributed by atoms with E-state index in [1.807, 2.05) is 6.92 Å². The van der Waals surface area contributed by atoms with Gasteiger partial charge in [0.1, 0.15) is 6.04 Å². The van der Waals surface area contributed by atoms with Crippen molar-refractivity contribution in [3.05, 3.63) is 0 Å². The summed E-state index contributed by atoms with van der Waals surface area (Å²) in [5, 5.41) is 19.4. The third-order valence-electron chi connectivity index (χ3n) is 1.89. The minimum absolute atomic E-state index is 0.156.